The number of aromatic nitrogens is 3. The second-order valence-electron chi connectivity index (χ2n) is 6.88. The number of para-hydroxylation sites is 1. The minimum atomic E-state index is -0.296. The molecule has 7 heteroatoms. The van der Waals surface area contributed by atoms with Crippen molar-refractivity contribution in [3.63, 3.8) is 0 Å². The van der Waals surface area contributed by atoms with Crippen molar-refractivity contribution in [1.29, 1.82) is 0 Å². The second-order valence-corrected chi connectivity index (χ2v) is 6.88. The molecule has 1 aromatic carbocycles. The van der Waals surface area contributed by atoms with Gasteiger partial charge in [0.1, 0.15) is 12.2 Å². The summed E-state index contributed by atoms with van der Waals surface area (Å²) in [6.45, 7) is 3.73. The third kappa shape index (κ3) is 3.53. The number of carbonyl (C=O) groups is 1. The molecule has 1 amide bonds. The fourth-order valence-corrected chi connectivity index (χ4v) is 3.05. The third-order valence-electron chi connectivity index (χ3n) is 4.70. The monoisotopic (exact) mass is 364 g/mol. The van der Waals surface area contributed by atoms with Crippen LogP contribution in [0, 0.1) is 13.8 Å². The number of rotatable bonds is 5. The molecule has 4 rings (SSSR count). The highest BCUT2D eigenvalue weighted by Crippen LogP contribution is 2.38. The second kappa shape index (κ2) is 6.83. The van der Waals surface area contributed by atoms with Crippen molar-refractivity contribution in [2.45, 2.75) is 39.2 Å². The summed E-state index contributed by atoms with van der Waals surface area (Å²) in [6.07, 6.45) is 2.11. The predicted molar refractivity (Wildman–Crippen MR) is 101 cm³/mol. The number of benzene rings is 1. The van der Waals surface area contributed by atoms with Crippen LogP contribution in [0.5, 0.6) is 0 Å². The molecule has 2 aromatic heterocycles. The molecule has 1 aliphatic rings. The lowest BCUT2D eigenvalue weighted by Gasteiger charge is -2.13. The summed E-state index contributed by atoms with van der Waals surface area (Å²) in [5, 5.41) is 6.89. The van der Waals surface area contributed by atoms with Crippen molar-refractivity contribution in [3.05, 3.63) is 63.7 Å². The number of amides is 1. The van der Waals surface area contributed by atoms with Crippen LogP contribution in [0.1, 0.15) is 35.7 Å². The Morgan fingerprint density at radius 1 is 1.19 bits per heavy atom. The zero-order chi connectivity index (χ0) is 19.0. The smallest absolute Gasteiger partial charge is 0.274 e. The predicted octanol–water partition coefficient (Wildman–Crippen LogP) is 3.03. The molecule has 138 valence electrons. The summed E-state index contributed by atoms with van der Waals surface area (Å²) >= 11 is 0. The van der Waals surface area contributed by atoms with Crippen molar-refractivity contribution in [3.8, 4) is 11.6 Å². The molecule has 0 spiro atoms. The molecule has 2 heterocycles. The van der Waals surface area contributed by atoms with E-state index >= 15 is 0 Å². The molecule has 0 aliphatic heterocycles. The molecule has 0 unspecified atom stereocenters. The number of carbonyl (C=O) groups excluding carboxylic acids is 1. The van der Waals surface area contributed by atoms with Crippen molar-refractivity contribution < 1.29 is 9.32 Å². The number of aryl methyl sites for hydroxylation is 2. The summed E-state index contributed by atoms with van der Waals surface area (Å²) < 4.78 is 6.69. The lowest BCUT2D eigenvalue weighted by atomic mass is 10.1. The Kier molecular flexibility index (Phi) is 4.35. The number of nitrogens with zero attached hydrogens (tertiary/aromatic N) is 3. The van der Waals surface area contributed by atoms with Crippen LogP contribution in [0.15, 0.2) is 45.7 Å². The van der Waals surface area contributed by atoms with E-state index in [2.05, 4.69) is 15.5 Å². The topological polar surface area (TPSA) is 90.0 Å². The van der Waals surface area contributed by atoms with Crippen molar-refractivity contribution >= 4 is 11.6 Å². The number of pyridine rings is 1. The van der Waals surface area contributed by atoms with Crippen molar-refractivity contribution in [2.24, 2.45) is 0 Å². The summed E-state index contributed by atoms with van der Waals surface area (Å²) in [4.78, 5) is 29.4. The summed E-state index contributed by atoms with van der Waals surface area (Å²) in [5.74, 6) is 0.977. The van der Waals surface area contributed by atoms with Gasteiger partial charge in [-0.15, -0.1) is 0 Å². The molecule has 7 nitrogen and oxygen atoms in total. The SMILES string of the molecule is Cc1cccc(C)c1NC(=O)Cn1c(-c2nc(C3CC3)no2)cccc1=O. The molecule has 1 saturated carbocycles. The van der Waals surface area contributed by atoms with E-state index in [0.717, 1.165) is 29.7 Å². The lowest BCUT2D eigenvalue weighted by Crippen LogP contribution is -2.28. The van der Waals surface area contributed by atoms with Crippen LogP contribution in [-0.2, 0) is 11.3 Å². The van der Waals surface area contributed by atoms with E-state index in [9.17, 15) is 9.59 Å². The van der Waals surface area contributed by atoms with Gasteiger partial charge in [-0.1, -0.05) is 29.4 Å². The molecule has 3 aromatic rings. The first kappa shape index (κ1) is 17.2. The largest absolute Gasteiger partial charge is 0.332 e. The molecular weight excluding hydrogens is 344 g/mol. The number of hydrogen-bond donors (Lipinski definition) is 1. The normalized spacial score (nSPS) is 13.6. The molecule has 0 atom stereocenters. The Hall–Kier alpha value is -3.22. The van der Waals surface area contributed by atoms with Crippen LogP contribution >= 0.6 is 0 Å². The van der Waals surface area contributed by atoms with E-state index in [1.54, 1.807) is 12.1 Å². The summed E-state index contributed by atoms with van der Waals surface area (Å²) in [6, 6.07) is 10.5. The summed E-state index contributed by atoms with van der Waals surface area (Å²) in [7, 11) is 0. The maximum atomic E-state index is 12.6. The van der Waals surface area contributed by atoms with Gasteiger partial charge in [-0.2, -0.15) is 4.98 Å². The first-order chi connectivity index (χ1) is 13.0. The quantitative estimate of drug-likeness (QED) is 0.751. The van der Waals surface area contributed by atoms with E-state index in [0.29, 0.717) is 17.4 Å². The van der Waals surface area contributed by atoms with Crippen LogP contribution in [0.2, 0.25) is 0 Å². The Morgan fingerprint density at radius 2 is 1.89 bits per heavy atom. The Labute approximate surface area is 156 Å². The standard InChI is InChI=1S/C20H20N4O3/c1-12-5-3-6-13(2)18(12)21-16(25)11-24-15(7-4-8-17(24)26)20-22-19(23-27-20)14-9-10-14/h3-8,14H,9-11H2,1-2H3,(H,21,25). The Bertz CT molecular complexity index is 1040. The minimum Gasteiger partial charge on any atom is -0.332 e. The number of nitrogens with one attached hydrogen (secondary N) is 1. The van der Waals surface area contributed by atoms with E-state index in [-0.39, 0.29) is 23.9 Å². The molecule has 0 saturated heterocycles. The number of anilines is 1. The zero-order valence-electron chi connectivity index (χ0n) is 15.2. The van der Waals surface area contributed by atoms with Gasteiger partial charge in [0.25, 0.3) is 11.4 Å². The fourth-order valence-electron chi connectivity index (χ4n) is 3.05. The maximum absolute atomic E-state index is 12.6. The maximum Gasteiger partial charge on any atom is 0.274 e. The van der Waals surface area contributed by atoms with Crippen LogP contribution in [0.25, 0.3) is 11.6 Å². The van der Waals surface area contributed by atoms with Gasteiger partial charge in [0.05, 0.1) is 0 Å². The highest BCUT2D eigenvalue weighted by molar-refractivity contribution is 5.92. The lowest BCUT2D eigenvalue weighted by molar-refractivity contribution is -0.116. The highest BCUT2D eigenvalue weighted by Gasteiger charge is 2.29. The molecule has 0 radical (unpaired) electrons. The van der Waals surface area contributed by atoms with Crippen molar-refractivity contribution in [1.82, 2.24) is 14.7 Å². The average Bonchev–Trinajstić information content (AvgIpc) is 3.37. The Balaban J connectivity index is 1.61. The molecule has 1 N–H and O–H groups in total. The van der Waals surface area contributed by atoms with Gasteiger partial charge in [-0.3, -0.25) is 14.2 Å². The highest BCUT2D eigenvalue weighted by atomic mass is 16.5. The van der Waals surface area contributed by atoms with Gasteiger partial charge in [0, 0.05) is 17.7 Å². The summed E-state index contributed by atoms with van der Waals surface area (Å²) in [5.41, 5.74) is 2.85. The van der Waals surface area contributed by atoms with Gasteiger partial charge in [0.15, 0.2) is 5.82 Å². The third-order valence-corrected chi connectivity index (χ3v) is 4.70. The van der Waals surface area contributed by atoms with Crippen LogP contribution in [0.4, 0.5) is 5.69 Å². The average molecular weight is 364 g/mol. The van der Waals surface area contributed by atoms with Gasteiger partial charge in [0.2, 0.25) is 5.91 Å². The molecule has 0 bridgehead atoms. The Morgan fingerprint density at radius 3 is 2.59 bits per heavy atom. The van der Waals surface area contributed by atoms with Gasteiger partial charge < -0.3 is 9.84 Å². The molecular formula is C20H20N4O3. The van der Waals surface area contributed by atoms with E-state index in [1.807, 2.05) is 32.0 Å². The fraction of sp³-hybridized carbons (Fsp3) is 0.300. The first-order valence-electron chi connectivity index (χ1n) is 8.93. The van der Waals surface area contributed by atoms with E-state index < -0.39 is 0 Å². The molecule has 1 aliphatic carbocycles. The minimum absolute atomic E-state index is 0.135. The van der Waals surface area contributed by atoms with Crippen LogP contribution in [0.3, 0.4) is 0 Å². The van der Waals surface area contributed by atoms with E-state index in [1.165, 1.54) is 10.6 Å². The van der Waals surface area contributed by atoms with Gasteiger partial charge in [-0.05, 0) is 43.9 Å². The van der Waals surface area contributed by atoms with Crippen LogP contribution < -0.4 is 10.9 Å². The first-order valence-corrected chi connectivity index (χ1v) is 8.93. The van der Waals surface area contributed by atoms with Crippen LogP contribution in [-0.4, -0.2) is 20.6 Å². The molecule has 1 fully saturated rings. The number of hydrogen-bond acceptors (Lipinski definition) is 5. The zero-order valence-corrected chi connectivity index (χ0v) is 15.2. The van der Waals surface area contributed by atoms with Crippen molar-refractivity contribution in [2.75, 3.05) is 5.32 Å². The van der Waals surface area contributed by atoms with Gasteiger partial charge >= 0.3 is 0 Å². The van der Waals surface area contributed by atoms with E-state index in [4.69, 9.17) is 4.52 Å². The molecule has 27 heavy (non-hydrogen) atoms. The van der Waals surface area contributed by atoms with Gasteiger partial charge in [-0.25, -0.2) is 0 Å².